The van der Waals surface area contributed by atoms with Gasteiger partial charge in [0.25, 0.3) is 5.91 Å². The number of amides is 2. The van der Waals surface area contributed by atoms with Gasteiger partial charge < -0.3 is 10.1 Å². The molecule has 0 saturated carbocycles. The molecule has 1 aromatic carbocycles. The molecule has 0 aliphatic rings. The first-order valence-corrected chi connectivity index (χ1v) is 10.5. The first kappa shape index (κ1) is 21.3. The summed E-state index contributed by atoms with van der Waals surface area (Å²) in [6.07, 6.45) is 1.56. The van der Waals surface area contributed by atoms with Crippen LogP contribution in [0, 0.1) is 5.92 Å². The molecule has 2 N–H and O–H groups in total. The largest absolute Gasteiger partial charge is 0.384 e. The van der Waals surface area contributed by atoms with Gasteiger partial charge in [-0.3, -0.25) is 14.9 Å². The van der Waals surface area contributed by atoms with E-state index in [1.165, 1.54) is 23.1 Å². The fourth-order valence-corrected chi connectivity index (χ4v) is 4.06. The summed E-state index contributed by atoms with van der Waals surface area (Å²) in [5.41, 5.74) is 1.05. The van der Waals surface area contributed by atoms with Crippen molar-refractivity contribution in [1.29, 1.82) is 0 Å². The summed E-state index contributed by atoms with van der Waals surface area (Å²) in [7, 11) is 1.65. The van der Waals surface area contributed by atoms with Crippen LogP contribution in [0.5, 0.6) is 0 Å². The van der Waals surface area contributed by atoms with Crippen LogP contribution in [0.25, 0.3) is 0 Å². The lowest BCUT2D eigenvalue weighted by Gasteiger charge is -2.13. The molecule has 0 saturated heterocycles. The van der Waals surface area contributed by atoms with E-state index in [1.807, 2.05) is 13.8 Å². The predicted molar refractivity (Wildman–Crippen MR) is 110 cm³/mol. The van der Waals surface area contributed by atoms with Gasteiger partial charge in [-0.15, -0.1) is 10.2 Å². The minimum atomic E-state index is -0.293. The van der Waals surface area contributed by atoms with Gasteiger partial charge in [0, 0.05) is 30.0 Å². The van der Waals surface area contributed by atoms with Crippen molar-refractivity contribution in [2.24, 2.45) is 5.92 Å². The van der Waals surface area contributed by atoms with Crippen LogP contribution in [0.4, 0.5) is 10.8 Å². The number of carbonyl (C=O) groups excluding carboxylic acids is 2. The number of thioether (sulfide) groups is 1. The van der Waals surface area contributed by atoms with Gasteiger partial charge in [-0.2, -0.15) is 0 Å². The van der Waals surface area contributed by atoms with Crippen molar-refractivity contribution < 1.29 is 14.3 Å². The molecule has 0 bridgehead atoms. The van der Waals surface area contributed by atoms with E-state index in [0.717, 1.165) is 22.9 Å². The topological polar surface area (TPSA) is 93.2 Å². The summed E-state index contributed by atoms with van der Waals surface area (Å²) in [5.74, 6) is 0.424. The highest BCUT2D eigenvalue weighted by molar-refractivity contribution is 8.01. The van der Waals surface area contributed by atoms with E-state index in [2.05, 4.69) is 20.8 Å². The summed E-state index contributed by atoms with van der Waals surface area (Å²) < 4.78 is 5.77. The molecule has 9 heteroatoms. The lowest BCUT2D eigenvalue weighted by Crippen LogP contribution is -2.22. The van der Waals surface area contributed by atoms with Gasteiger partial charge in [-0.1, -0.05) is 43.0 Å². The van der Waals surface area contributed by atoms with Gasteiger partial charge >= 0.3 is 0 Å². The Hall–Kier alpha value is -1.97. The van der Waals surface area contributed by atoms with Crippen LogP contribution in [-0.4, -0.2) is 41.5 Å². The van der Waals surface area contributed by atoms with Crippen molar-refractivity contribution >= 4 is 45.7 Å². The number of anilines is 2. The summed E-state index contributed by atoms with van der Waals surface area (Å²) in [6.45, 7) is 4.60. The molecule has 0 fully saturated rings. The molecular weight excluding hydrogens is 384 g/mol. The van der Waals surface area contributed by atoms with Gasteiger partial charge in [0.2, 0.25) is 11.0 Å². The molecule has 2 aromatic rings. The molecule has 2 amide bonds. The van der Waals surface area contributed by atoms with Gasteiger partial charge in [-0.25, -0.2) is 0 Å². The van der Waals surface area contributed by atoms with Crippen LogP contribution < -0.4 is 10.6 Å². The molecule has 27 heavy (non-hydrogen) atoms. The number of benzene rings is 1. The Morgan fingerprint density at radius 1 is 1.22 bits per heavy atom. The zero-order valence-electron chi connectivity index (χ0n) is 15.7. The maximum absolute atomic E-state index is 12.5. The average molecular weight is 409 g/mol. The molecule has 1 aromatic heterocycles. The van der Waals surface area contributed by atoms with Crippen LogP contribution in [0.15, 0.2) is 28.6 Å². The zero-order chi connectivity index (χ0) is 19.6. The van der Waals surface area contributed by atoms with E-state index in [1.54, 1.807) is 31.4 Å². The average Bonchev–Trinajstić information content (AvgIpc) is 3.10. The van der Waals surface area contributed by atoms with Crippen molar-refractivity contribution in [2.75, 3.05) is 30.1 Å². The highest BCUT2D eigenvalue weighted by atomic mass is 32.2. The van der Waals surface area contributed by atoms with Gasteiger partial charge in [0.15, 0.2) is 4.34 Å². The number of methoxy groups -OCH3 is 1. The molecular formula is C18H24N4O3S2. The van der Waals surface area contributed by atoms with E-state index >= 15 is 0 Å². The van der Waals surface area contributed by atoms with Crippen molar-refractivity contribution in [2.45, 2.75) is 31.0 Å². The first-order chi connectivity index (χ1) is 13.1. The molecule has 2 rings (SSSR count). The van der Waals surface area contributed by atoms with Crippen LogP contribution in [0.3, 0.4) is 0 Å². The lowest BCUT2D eigenvalue weighted by molar-refractivity contribution is -0.120. The van der Waals surface area contributed by atoms with Crippen LogP contribution in [0.1, 0.15) is 37.0 Å². The molecule has 1 heterocycles. The van der Waals surface area contributed by atoms with Crippen molar-refractivity contribution in [3.05, 3.63) is 29.8 Å². The van der Waals surface area contributed by atoms with Crippen molar-refractivity contribution in [3.63, 3.8) is 0 Å². The first-order valence-electron chi connectivity index (χ1n) is 8.74. The van der Waals surface area contributed by atoms with Gasteiger partial charge in [-0.05, 0) is 31.0 Å². The fraction of sp³-hybridized carbons (Fsp3) is 0.444. The van der Waals surface area contributed by atoms with Crippen LogP contribution in [-0.2, 0) is 9.53 Å². The lowest BCUT2D eigenvalue weighted by atomic mass is 10.0. The third kappa shape index (κ3) is 6.60. The number of hydrogen-bond acceptors (Lipinski definition) is 7. The highest BCUT2D eigenvalue weighted by Crippen LogP contribution is 2.25. The van der Waals surface area contributed by atoms with Gasteiger partial charge in [0.1, 0.15) is 0 Å². The van der Waals surface area contributed by atoms with Gasteiger partial charge in [0.05, 0.1) is 6.61 Å². The third-order valence-corrected chi connectivity index (χ3v) is 5.82. The second kappa shape index (κ2) is 11.0. The second-order valence-electron chi connectivity index (χ2n) is 5.75. The number of nitrogens with one attached hydrogen (secondary N) is 2. The monoisotopic (exact) mass is 408 g/mol. The summed E-state index contributed by atoms with van der Waals surface area (Å²) in [5, 5.41) is 14.1. The number of hydrogen-bond donors (Lipinski definition) is 2. The summed E-state index contributed by atoms with van der Waals surface area (Å²) in [4.78, 5) is 24.7. The molecule has 146 valence electrons. The second-order valence-corrected chi connectivity index (χ2v) is 8.07. The summed E-state index contributed by atoms with van der Waals surface area (Å²) in [6, 6.07) is 6.86. The van der Waals surface area contributed by atoms with E-state index in [9.17, 15) is 9.59 Å². The van der Waals surface area contributed by atoms with Crippen molar-refractivity contribution in [1.82, 2.24) is 10.2 Å². The molecule has 0 aliphatic carbocycles. The quantitative estimate of drug-likeness (QED) is 0.352. The Morgan fingerprint density at radius 2 is 2.00 bits per heavy atom. The Balaban J connectivity index is 1.97. The molecule has 0 aliphatic heterocycles. The molecule has 0 spiro atoms. The Morgan fingerprint density at radius 3 is 2.70 bits per heavy atom. The van der Waals surface area contributed by atoms with Crippen LogP contribution >= 0.6 is 23.1 Å². The number of nitrogens with zero attached hydrogens (tertiary/aromatic N) is 2. The fourth-order valence-electron chi connectivity index (χ4n) is 2.34. The van der Waals surface area contributed by atoms with E-state index in [0.29, 0.717) is 23.0 Å². The number of ether oxygens (including phenoxy) is 1. The Bertz CT molecular complexity index is 763. The smallest absolute Gasteiger partial charge is 0.257 e. The van der Waals surface area contributed by atoms with E-state index in [-0.39, 0.29) is 17.7 Å². The zero-order valence-corrected chi connectivity index (χ0v) is 17.3. The Kier molecular flexibility index (Phi) is 8.70. The minimum Gasteiger partial charge on any atom is -0.384 e. The molecule has 0 radical (unpaired) electrons. The molecule has 7 nitrogen and oxygen atoms in total. The van der Waals surface area contributed by atoms with Crippen LogP contribution in [0.2, 0.25) is 0 Å². The standard InChI is InChI=1S/C18H24N4O3S2/c1-4-12(5-2)15(23)19-14-8-6-7-13(11-14)16(24)20-17-21-22-18(27-17)26-10-9-25-3/h6-8,11-12H,4-5,9-10H2,1-3H3,(H,19,23)(H,20,21,24). The number of rotatable bonds is 10. The van der Waals surface area contributed by atoms with Crippen molar-refractivity contribution in [3.8, 4) is 0 Å². The minimum absolute atomic E-state index is 0.0283. The molecule has 0 atom stereocenters. The summed E-state index contributed by atoms with van der Waals surface area (Å²) >= 11 is 2.84. The predicted octanol–water partition coefficient (Wildman–Crippen LogP) is 3.90. The third-order valence-electron chi connectivity index (χ3n) is 3.89. The Labute approximate surface area is 167 Å². The van der Waals surface area contributed by atoms with E-state index in [4.69, 9.17) is 4.74 Å². The SMILES string of the molecule is CCC(CC)C(=O)Nc1cccc(C(=O)Nc2nnc(SCCOC)s2)c1. The van der Waals surface area contributed by atoms with E-state index < -0.39 is 0 Å². The normalized spacial score (nSPS) is 10.8. The number of aromatic nitrogens is 2. The highest BCUT2D eigenvalue weighted by Gasteiger charge is 2.15. The molecule has 0 unspecified atom stereocenters. The number of carbonyl (C=O) groups is 2. The maximum atomic E-state index is 12.5. The maximum Gasteiger partial charge on any atom is 0.257 e.